The molecule has 1 atom stereocenters. The number of hydrogen-bond acceptors (Lipinski definition) is 2. The van der Waals surface area contributed by atoms with Crippen LogP contribution in [-0.2, 0) is 0 Å². The van der Waals surface area contributed by atoms with E-state index in [-0.39, 0.29) is 0 Å². The van der Waals surface area contributed by atoms with Crippen molar-refractivity contribution in [2.24, 2.45) is 0 Å². The summed E-state index contributed by atoms with van der Waals surface area (Å²) < 4.78 is 0. The third-order valence-corrected chi connectivity index (χ3v) is 3.84. The molecule has 0 aromatic heterocycles. The Balaban J connectivity index is 3.70. The smallest absolute Gasteiger partial charge is 0.00791 e. The van der Waals surface area contributed by atoms with Gasteiger partial charge in [-0.3, -0.25) is 0 Å². The lowest BCUT2D eigenvalue weighted by Crippen LogP contribution is -2.34. The molecule has 1 unspecified atom stereocenters. The van der Waals surface area contributed by atoms with Crippen molar-refractivity contribution in [2.75, 3.05) is 26.2 Å². The van der Waals surface area contributed by atoms with E-state index >= 15 is 0 Å². The van der Waals surface area contributed by atoms with Crippen LogP contribution in [-0.4, -0.2) is 37.1 Å². The standard InChI is InChI=1S/C16H36N2/c1-5-9-10-11-12-13-16(17-6-2)14-15-18(7-3)8-4/h16-17H,5-15H2,1-4H3. The van der Waals surface area contributed by atoms with Gasteiger partial charge in [-0.15, -0.1) is 0 Å². The summed E-state index contributed by atoms with van der Waals surface area (Å²) in [7, 11) is 0. The molecule has 0 aliphatic carbocycles. The second kappa shape index (κ2) is 13.4. The second-order valence-corrected chi connectivity index (χ2v) is 5.27. The fraction of sp³-hybridized carbons (Fsp3) is 1.00. The number of rotatable bonds is 13. The highest BCUT2D eigenvalue weighted by molar-refractivity contribution is 4.68. The predicted octanol–water partition coefficient (Wildman–Crippen LogP) is 4.06. The molecule has 0 aromatic carbocycles. The van der Waals surface area contributed by atoms with Crippen LogP contribution in [0.3, 0.4) is 0 Å². The molecule has 0 aromatic rings. The molecule has 0 bridgehead atoms. The fourth-order valence-electron chi connectivity index (χ4n) is 2.51. The molecule has 0 saturated heterocycles. The average Bonchev–Trinajstić information content (AvgIpc) is 2.39. The molecular weight excluding hydrogens is 220 g/mol. The van der Waals surface area contributed by atoms with Gasteiger partial charge in [0.2, 0.25) is 0 Å². The van der Waals surface area contributed by atoms with Gasteiger partial charge in [0.15, 0.2) is 0 Å². The Morgan fingerprint density at radius 2 is 1.50 bits per heavy atom. The van der Waals surface area contributed by atoms with Crippen LogP contribution in [0.4, 0.5) is 0 Å². The van der Waals surface area contributed by atoms with E-state index in [0.717, 1.165) is 12.6 Å². The van der Waals surface area contributed by atoms with Crippen molar-refractivity contribution in [3.05, 3.63) is 0 Å². The van der Waals surface area contributed by atoms with Crippen LogP contribution in [0, 0.1) is 0 Å². The van der Waals surface area contributed by atoms with Crippen molar-refractivity contribution < 1.29 is 0 Å². The Morgan fingerprint density at radius 3 is 2.06 bits per heavy atom. The van der Waals surface area contributed by atoms with Gasteiger partial charge in [0.05, 0.1) is 0 Å². The highest BCUT2D eigenvalue weighted by Gasteiger charge is 2.08. The monoisotopic (exact) mass is 256 g/mol. The highest BCUT2D eigenvalue weighted by atomic mass is 15.1. The minimum atomic E-state index is 0.734. The zero-order valence-electron chi connectivity index (χ0n) is 13.3. The minimum absolute atomic E-state index is 0.734. The summed E-state index contributed by atoms with van der Waals surface area (Å²) in [6.45, 7) is 13.8. The molecule has 110 valence electrons. The Bertz CT molecular complexity index is 155. The maximum atomic E-state index is 3.65. The second-order valence-electron chi connectivity index (χ2n) is 5.27. The van der Waals surface area contributed by atoms with E-state index in [0.29, 0.717) is 0 Å². The van der Waals surface area contributed by atoms with Crippen LogP contribution in [0.1, 0.15) is 72.6 Å². The summed E-state index contributed by atoms with van der Waals surface area (Å²) in [5.74, 6) is 0. The van der Waals surface area contributed by atoms with Crippen molar-refractivity contribution in [3.8, 4) is 0 Å². The van der Waals surface area contributed by atoms with E-state index < -0.39 is 0 Å². The summed E-state index contributed by atoms with van der Waals surface area (Å²) in [6.07, 6.45) is 9.66. The normalized spacial score (nSPS) is 13.2. The SMILES string of the molecule is CCCCCCCC(CCN(CC)CC)NCC. The first kappa shape index (κ1) is 17.9. The van der Waals surface area contributed by atoms with Gasteiger partial charge in [-0.2, -0.15) is 0 Å². The molecule has 0 saturated carbocycles. The molecule has 0 heterocycles. The summed E-state index contributed by atoms with van der Waals surface area (Å²) in [4.78, 5) is 2.53. The van der Waals surface area contributed by atoms with Gasteiger partial charge < -0.3 is 10.2 Å². The minimum Gasteiger partial charge on any atom is -0.314 e. The van der Waals surface area contributed by atoms with Crippen LogP contribution in [0.25, 0.3) is 0 Å². The zero-order valence-corrected chi connectivity index (χ0v) is 13.3. The van der Waals surface area contributed by atoms with Gasteiger partial charge >= 0.3 is 0 Å². The van der Waals surface area contributed by atoms with E-state index in [1.165, 1.54) is 64.6 Å². The summed E-state index contributed by atoms with van der Waals surface area (Å²) in [5.41, 5.74) is 0. The molecular formula is C16H36N2. The Labute approximate surface area is 116 Å². The quantitative estimate of drug-likeness (QED) is 0.500. The van der Waals surface area contributed by atoms with Crippen molar-refractivity contribution in [2.45, 2.75) is 78.7 Å². The number of nitrogens with one attached hydrogen (secondary N) is 1. The number of nitrogens with zero attached hydrogens (tertiary/aromatic N) is 1. The molecule has 0 aliphatic heterocycles. The topological polar surface area (TPSA) is 15.3 Å². The molecule has 2 heteroatoms. The van der Waals surface area contributed by atoms with Gasteiger partial charge in [-0.25, -0.2) is 0 Å². The first-order valence-electron chi connectivity index (χ1n) is 8.24. The predicted molar refractivity (Wildman–Crippen MR) is 83.2 cm³/mol. The third kappa shape index (κ3) is 9.90. The summed E-state index contributed by atoms with van der Waals surface area (Å²) >= 11 is 0. The largest absolute Gasteiger partial charge is 0.314 e. The zero-order chi connectivity index (χ0) is 13.6. The van der Waals surface area contributed by atoms with Crippen LogP contribution < -0.4 is 5.32 Å². The van der Waals surface area contributed by atoms with Crippen molar-refractivity contribution in [1.82, 2.24) is 10.2 Å². The van der Waals surface area contributed by atoms with Crippen LogP contribution >= 0.6 is 0 Å². The van der Waals surface area contributed by atoms with Gasteiger partial charge in [-0.05, 0) is 39.0 Å². The Morgan fingerprint density at radius 1 is 0.833 bits per heavy atom. The first-order chi connectivity index (χ1) is 8.78. The van der Waals surface area contributed by atoms with Crippen LogP contribution in [0.15, 0.2) is 0 Å². The van der Waals surface area contributed by atoms with E-state index in [2.05, 4.69) is 37.9 Å². The maximum Gasteiger partial charge on any atom is 0.00791 e. The summed E-state index contributed by atoms with van der Waals surface area (Å²) in [5, 5.41) is 3.65. The molecule has 0 aliphatic rings. The third-order valence-electron chi connectivity index (χ3n) is 3.84. The van der Waals surface area contributed by atoms with Crippen LogP contribution in [0.5, 0.6) is 0 Å². The van der Waals surface area contributed by atoms with E-state index in [9.17, 15) is 0 Å². The van der Waals surface area contributed by atoms with E-state index in [4.69, 9.17) is 0 Å². The average molecular weight is 256 g/mol. The van der Waals surface area contributed by atoms with E-state index in [1.807, 2.05) is 0 Å². The lowest BCUT2D eigenvalue weighted by atomic mass is 10.0. The maximum absolute atomic E-state index is 3.65. The van der Waals surface area contributed by atoms with Gasteiger partial charge in [-0.1, -0.05) is 59.8 Å². The van der Waals surface area contributed by atoms with Crippen molar-refractivity contribution in [3.63, 3.8) is 0 Å². The molecule has 2 nitrogen and oxygen atoms in total. The lowest BCUT2D eigenvalue weighted by molar-refractivity contribution is 0.276. The molecule has 0 rings (SSSR count). The highest BCUT2D eigenvalue weighted by Crippen LogP contribution is 2.10. The fourth-order valence-corrected chi connectivity index (χ4v) is 2.51. The molecule has 0 amide bonds. The van der Waals surface area contributed by atoms with Crippen molar-refractivity contribution >= 4 is 0 Å². The van der Waals surface area contributed by atoms with Gasteiger partial charge in [0.25, 0.3) is 0 Å². The van der Waals surface area contributed by atoms with Gasteiger partial charge in [0, 0.05) is 6.04 Å². The molecule has 1 N–H and O–H groups in total. The van der Waals surface area contributed by atoms with E-state index in [1.54, 1.807) is 0 Å². The lowest BCUT2D eigenvalue weighted by Gasteiger charge is -2.23. The Kier molecular flexibility index (Phi) is 13.3. The molecule has 18 heavy (non-hydrogen) atoms. The molecule has 0 fully saturated rings. The Hall–Kier alpha value is -0.0800. The molecule has 0 spiro atoms. The number of unbranched alkanes of at least 4 members (excludes halogenated alkanes) is 4. The van der Waals surface area contributed by atoms with Crippen molar-refractivity contribution in [1.29, 1.82) is 0 Å². The first-order valence-corrected chi connectivity index (χ1v) is 8.24. The number of hydrogen-bond donors (Lipinski definition) is 1. The molecule has 0 radical (unpaired) electrons. The summed E-state index contributed by atoms with van der Waals surface area (Å²) in [6, 6.07) is 0.734. The van der Waals surface area contributed by atoms with Crippen LogP contribution in [0.2, 0.25) is 0 Å². The van der Waals surface area contributed by atoms with Gasteiger partial charge in [0.1, 0.15) is 0 Å².